The molecule has 1 aliphatic heterocycles. The molecule has 2 heteroatoms. The second kappa shape index (κ2) is 3.82. The average molecular weight is 191 g/mol. The number of cyclic esters (lactones) is 1. The van der Waals surface area contributed by atoms with Gasteiger partial charge in [0, 0.05) is 6.93 Å². The van der Waals surface area contributed by atoms with Crippen LogP contribution >= 0.6 is 0 Å². The molecular weight excluding hydrogens is 176 g/mol. The normalized spacial score (nSPS) is 20.1. The van der Waals surface area contributed by atoms with Crippen LogP contribution in [0.3, 0.4) is 0 Å². The molecule has 0 saturated carbocycles. The number of hydrogen-bond donors (Lipinski definition) is 0. The molecule has 0 radical (unpaired) electrons. The summed E-state index contributed by atoms with van der Waals surface area (Å²) in [5.41, 5.74) is 1.71. The van der Waals surface area contributed by atoms with E-state index in [-0.39, 0.29) is 12.1 Å². The Bertz CT molecular complexity index is 362. The molecule has 0 bridgehead atoms. The molecule has 0 saturated heterocycles. The van der Waals surface area contributed by atoms with Gasteiger partial charge >= 0.3 is 5.97 Å². The summed E-state index contributed by atoms with van der Waals surface area (Å²) in [4.78, 5) is 11.4. The van der Waals surface area contributed by atoms with Gasteiger partial charge in [-0.15, -0.1) is 0 Å². The van der Waals surface area contributed by atoms with E-state index >= 15 is 0 Å². The summed E-state index contributed by atoms with van der Waals surface area (Å²) < 4.78 is 12.3. The summed E-state index contributed by atoms with van der Waals surface area (Å²) >= 11 is 0. The molecule has 0 spiro atoms. The fourth-order valence-corrected chi connectivity index (χ4v) is 1.76. The van der Waals surface area contributed by atoms with Crippen molar-refractivity contribution in [2.75, 3.05) is 0 Å². The highest BCUT2D eigenvalue weighted by Crippen LogP contribution is 2.33. The van der Waals surface area contributed by atoms with Crippen molar-refractivity contribution in [1.29, 1.82) is 0 Å². The summed E-state index contributed by atoms with van der Waals surface area (Å²) in [5.74, 6) is -0.207. The van der Waals surface area contributed by atoms with Crippen molar-refractivity contribution in [3.63, 3.8) is 0 Å². The average Bonchev–Trinajstić information content (AvgIpc) is 2.58. The van der Waals surface area contributed by atoms with Crippen LogP contribution in [0.5, 0.6) is 0 Å². The summed E-state index contributed by atoms with van der Waals surface area (Å²) in [7, 11) is 0. The van der Waals surface area contributed by atoms with Crippen LogP contribution in [-0.4, -0.2) is 5.97 Å². The van der Waals surface area contributed by atoms with E-state index < -0.39 is 0 Å². The third kappa shape index (κ3) is 1.52. The number of rotatable bonds is 3. The van der Waals surface area contributed by atoms with E-state index in [1.54, 1.807) is 0 Å². The maximum absolute atomic E-state index is 11.4. The van der Waals surface area contributed by atoms with Gasteiger partial charge in [0.1, 0.15) is 6.10 Å². The number of carbonyl (C=O) groups excluding carboxylic acids is 1. The largest absolute Gasteiger partial charge is 0.454 e. The van der Waals surface area contributed by atoms with E-state index in [0.29, 0.717) is 12.5 Å². The number of hydrogen-bond acceptors (Lipinski definition) is 2. The van der Waals surface area contributed by atoms with Crippen molar-refractivity contribution in [2.24, 2.45) is 0 Å². The van der Waals surface area contributed by atoms with Gasteiger partial charge in [0.25, 0.3) is 0 Å². The fourth-order valence-electron chi connectivity index (χ4n) is 1.76. The van der Waals surface area contributed by atoms with Gasteiger partial charge in [-0.05, 0) is 18.9 Å². The van der Waals surface area contributed by atoms with Crippen LogP contribution in [0.25, 0.3) is 0 Å². The molecule has 2 rings (SSSR count). The Hall–Kier alpha value is -1.31. The Morgan fingerprint density at radius 3 is 3.21 bits per heavy atom. The van der Waals surface area contributed by atoms with Crippen LogP contribution in [0.1, 0.15) is 49.6 Å². The Morgan fingerprint density at radius 1 is 1.50 bits per heavy atom. The topological polar surface area (TPSA) is 26.3 Å². The first-order valence-corrected chi connectivity index (χ1v) is 4.92. The van der Waals surface area contributed by atoms with Crippen LogP contribution in [-0.2, 0) is 4.74 Å². The summed E-state index contributed by atoms with van der Waals surface area (Å²) in [5, 5.41) is 0. The molecule has 0 fully saturated rings. The molecule has 1 unspecified atom stereocenters. The summed E-state index contributed by atoms with van der Waals surface area (Å²) in [6.07, 6.45) is 2.56. The van der Waals surface area contributed by atoms with Crippen LogP contribution in [0.4, 0.5) is 0 Å². The quantitative estimate of drug-likeness (QED) is 0.542. The smallest absolute Gasteiger partial charge is 0.339 e. The molecule has 74 valence electrons. The molecule has 0 N–H and O–H groups in total. The van der Waals surface area contributed by atoms with Gasteiger partial charge in [-0.25, -0.2) is 4.79 Å². The van der Waals surface area contributed by atoms with Gasteiger partial charge in [0.05, 0.1) is 5.56 Å². The van der Waals surface area contributed by atoms with Gasteiger partial charge in [-0.1, -0.05) is 31.5 Å². The van der Waals surface area contributed by atoms with Crippen molar-refractivity contribution < 1.29 is 10.9 Å². The molecular formula is C12H14O2. The van der Waals surface area contributed by atoms with Gasteiger partial charge in [0.2, 0.25) is 0 Å². The van der Waals surface area contributed by atoms with Crippen molar-refractivity contribution in [1.82, 2.24) is 0 Å². The molecule has 1 heterocycles. The number of unbranched alkanes of at least 4 members (excludes halogenated alkanes) is 1. The lowest BCUT2D eigenvalue weighted by molar-refractivity contribution is 0.0364. The van der Waals surface area contributed by atoms with Crippen LogP contribution < -0.4 is 0 Å². The van der Waals surface area contributed by atoms with E-state index in [4.69, 9.17) is 6.11 Å². The second-order valence-electron chi connectivity index (χ2n) is 3.48. The van der Waals surface area contributed by atoms with E-state index in [2.05, 4.69) is 0 Å². The minimum atomic E-state index is -0.207. The first kappa shape index (κ1) is 8.04. The van der Waals surface area contributed by atoms with Gasteiger partial charge in [-0.3, -0.25) is 0 Å². The maximum atomic E-state index is 11.4. The highest BCUT2D eigenvalue weighted by atomic mass is 16.5. The van der Waals surface area contributed by atoms with E-state index in [1.165, 1.54) is 0 Å². The highest BCUT2D eigenvalue weighted by molar-refractivity contribution is 5.93. The fraction of sp³-hybridized carbons (Fsp3) is 0.417. The maximum Gasteiger partial charge on any atom is 0.339 e. The molecule has 1 atom stereocenters. The predicted octanol–water partition coefficient (Wildman–Crippen LogP) is 3.09. The third-order valence-corrected chi connectivity index (χ3v) is 2.49. The molecule has 0 aromatic heterocycles. The molecule has 0 amide bonds. The Morgan fingerprint density at radius 2 is 2.36 bits per heavy atom. The number of fused-ring (bicyclic) bond motifs is 1. The van der Waals surface area contributed by atoms with Gasteiger partial charge in [-0.2, -0.15) is 0 Å². The zero-order valence-corrected chi connectivity index (χ0v) is 8.03. The van der Waals surface area contributed by atoms with Crippen molar-refractivity contribution >= 4 is 5.97 Å². The first-order chi connectivity index (χ1) is 7.33. The number of ether oxygens (including phenoxy) is 1. The molecule has 0 aliphatic carbocycles. The van der Waals surface area contributed by atoms with Crippen molar-refractivity contribution in [3.8, 4) is 0 Å². The molecule has 1 aliphatic rings. The Labute approximate surface area is 85.3 Å². The Balaban J connectivity index is 2.08. The lowest BCUT2D eigenvalue weighted by Gasteiger charge is -2.08. The SMILES string of the molecule is [2H]CCCCC1OC(=O)c2ccccc21. The number of carbonyl (C=O) groups is 1. The van der Waals surface area contributed by atoms with Gasteiger partial charge in [0.15, 0.2) is 0 Å². The minimum absolute atomic E-state index is 0.0831. The number of esters is 1. The first-order valence-electron chi connectivity index (χ1n) is 5.63. The minimum Gasteiger partial charge on any atom is -0.454 e. The molecule has 1 aromatic carbocycles. The second-order valence-corrected chi connectivity index (χ2v) is 3.48. The summed E-state index contributed by atoms with van der Waals surface area (Å²) in [6.45, 7) is 0.447. The van der Waals surface area contributed by atoms with E-state index in [0.717, 1.165) is 24.8 Å². The van der Waals surface area contributed by atoms with Gasteiger partial charge < -0.3 is 4.74 Å². The van der Waals surface area contributed by atoms with E-state index in [9.17, 15) is 4.79 Å². The zero-order valence-electron chi connectivity index (χ0n) is 9.03. The van der Waals surface area contributed by atoms with Crippen LogP contribution in [0.2, 0.25) is 0 Å². The summed E-state index contributed by atoms with van der Waals surface area (Å²) in [6, 6.07) is 7.54. The molecule has 1 aromatic rings. The monoisotopic (exact) mass is 191 g/mol. The lowest BCUT2D eigenvalue weighted by Crippen LogP contribution is -1.98. The van der Waals surface area contributed by atoms with Crippen LogP contribution in [0, 0.1) is 0 Å². The zero-order chi connectivity index (χ0) is 10.7. The third-order valence-electron chi connectivity index (χ3n) is 2.49. The molecule has 14 heavy (non-hydrogen) atoms. The predicted molar refractivity (Wildman–Crippen MR) is 54.1 cm³/mol. The lowest BCUT2D eigenvalue weighted by atomic mass is 10.0. The molecule has 2 nitrogen and oxygen atoms in total. The Kier molecular flexibility index (Phi) is 2.20. The van der Waals surface area contributed by atoms with E-state index in [1.807, 2.05) is 24.3 Å². The standard InChI is InChI=1S/C12H14O2/c1-2-3-8-11-9-6-4-5-7-10(9)12(13)14-11/h4-7,11H,2-3,8H2,1H3/i1D. The highest BCUT2D eigenvalue weighted by Gasteiger charge is 2.29. The van der Waals surface area contributed by atoms with Crippen LogP contribution in [0.15, 0.2) is 24.3 Å². The van der Waals surface area contributed by atoms with Crippen molar-refractivity contribution in [3.05, 3.63) is 35.4 Å². The number of benzene rings is 1. The van der Waals surface area contributed by atoms with Crippen molar-refractivity contribution in [2.45, 2.75) is 32.3 Å².